The summed E-state index contributed by atoms with van der Waals surface area (Å²) in [5, 5.41) is 13.6. The summed E-state index contributed by atoms with van der Waals surface area (Å²) in [6, 6.07) is 7.94. The summed E-state index contributed by atoms with van der Waals surface area (Å²) in [6.07, 6.45) is 3.58. The van der Waals surface area contributed by atoms with Crippen LogP contribution in [0.15, 0.2) is 35.3 Å². The fraction of sp³-hybridized carbons (Fsp3) is 0.417. The molecule has 1 amide bonds. The normalized spacial score (nSPS) is 11.5. The lowest BCUT2D eigenvalue weighted by atomic mass is 10.1. The Hall–Kier alpha value is -3.42. The number of para-hydroxylation sites is 1. The van der Waals surface area contributed by atoms with Crippen molar-refractivity contribution in [2.75, 3.05) is 6.54 Å². The molecule has 8 heteroatoms. The zero-order chi connectivity index (χ0) is 22.8. The van der Waals surface area contributed by atoms with E-state index in [1.165, 1.54) is 15.9 Å². The minimum atomic E-state index is -0.124. The molecule has 3 heterocycles. The topological polar surface area (TPSA) is 86.7 Å². The molecule has 0 spiro atoms. The molecule has 0 radical (unpaired) electrons. The predicted molar refractivity (Wildman–Crippen MR) is 126 cm³/mol. The second-order valence-electron chi connectivity index (χ2n) is 8.17. The molecule has 1 aromatic carbocycles. The van der Waals surface area contributed by atoms with Crippen LogP contribution in [0.25, 0.3) is 21.8 Å². The van der Waals surface area contributed by atoms with Gasteiger partial charge in [0.05, 0.1) is 11.9 Å². The van der Waals surface area contributed by atoms with Gasteiger partial charge in [0, 0.05) is 55.1 Å². The number of amides is 1. The molecule has 0 saturated carbocycles. The van der Waals surface area contributed by atoms with Gasteiger partial charge in [-0.3, -0.25) is 14.3 Å². The van der Waals surface area contributed by atoms with E-state index in [1.807, 2.05) is 40.4 Å². The third-order valence-corrected chi connectivity index (χ3v) is 6.18. The molecule has 168 valence electrons. The summed E-state index contributed by atoms with van der Waals surface area (Å²) in [5.74, 6) is 0.0264. The number of aromatic nitrogens is 5. The molecule has 0 fully saturated rings. The van der Waals surface area contributed by atoms with E-state index in [4.69, 9.17) is 0 Å². The second-order valence-corrected chi connectivity index (χ2v) is 8.17. The second kappa shape index (κ2) is 8.98. The number of hydrogen-bond donors (Lipinski definition) is 1. The lowest BCUT2D eigenvalue weighted by Crippen LogP contribution is -2.26. The van der Waals surface area contributed by atoms with Crippen LogP contribution in [0.2, 0.25) is 0 Å². The third kappa shape index (κ3) is 3.92. The Bertz CT molecular complexity index is 1340. The molecule has 4 rings (SSSR count). The van der Waals surface area contributed by atoms with Crippen molar-refractivity contribution in [2.24, 2.45) is 7.05 Å². The van der Waals surface area contributed by atoms with Gasteiger partial charge in [-0.15, -0.1) is 0 Å². The molecule has 1 N–H and O–H groups in total. The molecular formula is C24H30N6O2. The Morgan fingerprint density at radius 3 is 2.69 bits per heavy atom. The van der Waals surface area contributed by atoms with E-state index in [0.717, 1.165) is 34.9 Å². The minimum Gasteiger partial charge on any atom is -0.356 e. The summed E-state index contributed by atoms with van der Waals surface area (Å²) in [7, 11) is 1.66. The smallest absolute Gasteiger partial charge is 0.291 e. The molecule has 0 aliphatic carbocycles. The summed E-state index contributed by atoms with van der Waals surface area (Å²) in [4.78, 5) is 25.2. The molecule has 0 aliphatic rings. The quantitative estimate of drug-likeness (QED) is 0.462. The van der Waals surface area contributed by atoms with Gasteiger partial charge in [-0.1, -0.05) is 18.2 Å². The van der Waals surface area contributed by atoms with Gasteiger partial charge >= 0.3 is 0 Å². The standard InChI is InChI=1S/C24H30N6O2/c1-5-30-17(3)18(16(2)27-30)12-13-25-22(31)11-8-14-29-21-10-7-6-9-19(21)20-15-26-28(4)24(32)23(20)29/h6-7,9-10,15H,5,8,11-14H2,1-4H3,(H,25,31). The average molecular weight is 435 g/mol. The van der Waals surface area contributed by atoms with Crippen LogP contribution in [-0.2, 0) is 31.4 Å². The highest BCUT2D eigenvalue weighted by Crippen LogP contribution is 2.26. The summed E-state index contributed by atoms with van der Waals surface area (Å²) in [6.45, 7) is 8.21. The maximum atomic E-state index is 12.8. The average Bonchev–Trinajstić information content (AvgIpc) is 3.25. The van der Waals surface area contributed by atoms with Crippen molar-refractivity contribution in [2.45, 2.75) is 53.1 Å². The zero-order valence-corrected chi connectivity index (χ0v) is 19.2. The number of carbonyl (C=O) groups is 1. The van der Waals surface area contributed by atoms with Crippen molar-refractivity contribution in [3.05, 3.63) is 57.8 Å². The van der Waals surface area contributed by atoms with Gasteiger partial charge in [0.15, 0.2) is 0 Å². The van der Waals surface area contributed by atoms with Crippen molar-refractivity contribution < 1.29 is 4.79 Å². The van der Waals surface area contributed by atoms with E-state index in [9.17, 15) is 9.59 Å². The van der Waals surface area contributed by atoms with E-state index in [-0.39, 0.29) is 11.5 Å². The van der Waals surface area contributed by atoms with Gasteiger partial charge in [0.2, 0.25) is 5.91 Å². The van der Waals surface area contributed by atoms with Gasteiger partial charge < -0.3 is 9.88 Å². The molecule has 0 bridgehead atoms. The number of nitrogens with one attached hydrogen (secondary N) is 1. The van der Waals surface area contributed by atoms with E-state index in [0.29, 0.717) is 31.4 Å². The minimum absolute atomic E-state index is 0.0264. The molecule has 4 aromatic rings. The zero-order valence-electron chi connectivity index (χ0n) is 19.2. The van der Waals surface area contributed by atoms with E-state index in [1.54, 1.807) is 13.2 Å². The Kier molecular flexibility index (Phi) is 6.12. The largest absolute Gasteiger partial charge is 0.356 e. The molecule has 8 nitrogen and oxygen atoms in total. The van der Waals surface area contributed by atoms with Crippen molar-refractivity contribution in [1.29, 1.82) is 0 Å². The maximum Gasteiger partial charge on any atom is 0.291 e. The van der Waals surface area contributed by atoms with E-state index >= 15 is 0 Å². The number of fused-ring (bicyclic) bond motifs is 3. The number of rotatable bonds is 8. The van der Waals surface area contributed by atoms with Crippen LogP contribution in [0.1, 0.15) is 36.7 Å². The van der Waals surface area contributed by atoms with Gasteiger partial charge in [0.1, 0.15) is 5.52 Å². The van der Waals surface area contributed by atoms with Gasteiger partial charge in [-0.2, -0.15) is 10.2 Å². The number of carbonyl (C=O) groups excluding carboxylic acids is 1. The fourth-order valence-electron chi connectivity index (χ4n) is 4.49. The SMILES string of the molecule is CCn1nc(C)c(CCNC(=O)CCCn2c3ccccc3c3cnn(C)c(=O)c32)c1C. The van der Waals surface area contributed by atoms with Crippen LogP contribution in [0.5, 0.6) is 0 Å². The van der Waals surface area contributed by atoms with Gasteiger partial charge in [-0.05, 0) is 45.2 Å². The van der Waals surface area contributed by atoms with Gasteiger partial charge in [0.25, 0.3) is 5.56 Å². The number of aryl methyl sites for hydroxylation is 4. The first-order valence-corrected chi connectivity index (χ1v) is 11.1. The Balaban J connectivity index is 1.40. The van der Waals surface area contributed by atoms with Crippen molar-refractivity contribution >= 4 is 27.7 Å². The van der Waals surface area contributed by atoms with Crippen molar-refractivity contribution in [3.63, 3.8) is 0 Å². The Morgan fingerprint density at radius 2 is 1.94 bits per heavy atom. The fourth-order valence-corrected chi connectivity index (χ4v) is 4.49. The van der Waals surface area contributed by atoms with Crippen LogP contribution in [0.4, 0.5) is 0 Å². The lowest BCUT2D eigenvalue weighted by Gasteiger charge is -2.09. The first-order chi connectivity index (χ1) is 15.4. The number of nitrogens with zero attached hydrogens (tertiary/aromatic N) is 5. The Labute approximate surface area is 186 Å². The molecule has 0 saturated heterocycles. The van der Waals surface area contributed by atoms with Crippen LogP contribution >= 0.6 is 0 Å². The number of benzene rings is 1. The van der Waals surface area contributed by atoms with E-state index < -0.39 is 0 Å². The first kappa shape index (κ1) is 21.8. The first-order valence-electron chi connectivity index (χ1n) is 11.1. The van der Waals surface area contributed by atoms with Crippen molar-refractivity contribution in [1.82, 2.24) is 29.4 Å². The lowest BCUT2D eigenvalue weighted by molar-refractivity contribution is -0.121. The van der Waals surface area contributed by atoms with Crippen LogP contribution < -0.4 is 10.9 Å². The van der Waals surface area contributed by atoms with E-state index in [2.05, 4.69) is 29.4 Å². The molecule has 0 atom stereocenters. The highest BCUT2D eigenvalue weighted by atomic mass is 16.1. The summed E-state index contributed by atoms with van der Waals surface area (Å²) in [5.41, 5.74) is 4.92. The van der Waals surface area contributed by atoms with Crippen molar-refractivity contribution in [3.8, 4) is 0 Å². The summed E-state index contributed by atoms with van der Waals surface area (Å²) >= 11 is 0. The Morgan fingerprint density at radius 1 is 1.16 bits per heavy atom. The highest BCUT2D eigenvalue weighted by Gasteiger charge is 2.15. The molecule has 32 heavy (non-hydrogen) atoms. The van der Waals surface area contributed by atoms with Crippen LogP contribution in [-0.4, -0.2) is 36.6 Å². The number of hydrogen-bond acceptors (Lipinski definition) is 4. The third-order valence-electron chi connectivity index (χ3n) is 6.18. The molecule has 3 aromatic heterocycles. The van der Waals surface area contributed by atoms with Crippen LogP contribution in [0.3, 0.4) is 0 Å². The molecule has 0 aliphatic heterocycles. The predicted octanol–water partition coefficient (Wildman–Crippen LogP) is 2.86. The molecular weight excluding hydrogens is 404 g/mol. The van der Waals surface area contributed by atoms with Gasteiger partial charge in [-0.25, -0.2) is 4.68 Å². The maximum absolute atomic E-state index is 12.8. The highest BCUT2D eigenvalue weighted by molar-refractivity contribution is 6.07. The van der Waals surface area contributed by atoms with Crippen LogP contribution in [0, 0.1) is 13.8 Å². The monoisotopic (exact) mass is 434 g/mol. The molecule has 0 unspecified atom stereocenters. The summed E-state index contributed by atoms with van der Waals surface area (Å²) < 4.78 is 5.38.